The van der Waals surface area contributed by atoms with E-state index in [2.05, 4.69) is 15.0 Å². The van der Waals surface area contributed by atoms with Crippen molar-refractivity contribution in [2.45, 2.75) is 0 Å². The van der Waals surface area contributed by atoms with Gasteiger partial charge in [-0.05, 0) is 6.07 Å². The van der Waals surface area contributed by atoms with Crippen molar-refractivity contribution in [3.63, 3.8) is 0 Å². The van der Waals surface area contributed by atoms with E-state index >= 15 is 0 Å². The van der Waals surface area contributed by atoms with E-state index in [-0.39, 0.29) is 5.91 Å². The van der Waals surface area contributed by atoms with Gasteiger partial charge in [0, 0.05) is 13.2 Å². The van der Waals surface area contributed by atoms with Gasteiger partial charge < -0.3 is 0 Å². The molecular formula is C6H9N3O2. The van der Waals surface area contributed by atoms with Crippen LogP contribution in [0.25, 0.3) is 0 Å². The zero-order chi connectivity index (χ0) is 8.27. The Morgan fingerprint density at radius 3 is 3.00 bits per heavy atom. The van der Waals surface area contributed by atoms with Crippen molar-refractivity contribution < 1.29 is 9.63 Å². The molecular weight excluding hydrogens is 146 g/mol. The number of carbonyl (C=O) groups is 1. The third kappa shape index (κ3) is 1.56. The molecule has 0 saturated heterocycles. The third-order valence-electron chi connectivity index (χ3n) is 1.29. The second-order valence-corrected chi connectivity index (χ2v) is 1.96. The molecule has 0 aliphatic carbocycles. The molecule has 1 heterocycles. The number of carbonyl (C=O) groups excluding carboxylic acids is 1. The zero-order valence-corrected chi connectivity index (χ0v) is 6.37. The molecule has 0 atom stereocenters. The first kappa shape index (κ1) is 7.74. The van der Waals surface area contributed by atoms with Gasteiger partial charge in [0.25, 0.3) is 5.91 Å². The van der Waals surface area contributed by atoms with Crippen LogP contribution in [-0.2, 0) is 4.84 Å². The van der Waals surface area contributed by atoms with Gasteiger partial charge in [0.2, 0.25) is 0 Å². The van der Waals surface area contributed by atoms with Gasteiger partial charge in [-0.2, -0.15) is 5.10 Å². The van der Waals surface area contributed by atoms with Crippen LogP contribution in [0.2, 0.25) is 0 Å². The molecule has 0 unspecified atom stereocenters. The minimum absolute atomic E-state index is 0.245. The van der Waals surface area contributed by atoms with E-state index in [0.29, 0.717) is 5.69 Å². The van der Waals surface area contributed by atoms with Crippen molar-refractivity contribution in [1.82, 2.24) is 15.3 Å². The number of aromatic amines is 1. The Morgan fingerprint density at radius 2 is 2.55 bits per heavy atom. The molecule has 1 aromatic heterocycles. The van der Waals surface area contributed by atoms with E-state index in [4.69, 9.17) is 0 Å². The highest BCUT2D eigenvalue weighted by Gasteiger charge is 2.11. The molecule has 0 spiro atoms. The van der Waals surface area contributed by atoms with E-state index in [1.54, 1.807) is 6.07 Å². The smallest absolute Gasteiger partial charge is 0.274 e. The number of aromatic nitrogens is 2. The molecule has 0 aromatic carbocycles. The second-order valence-electron chi connectivity index (χ2n) is 1.96. The molecule has 1 aromatic rings. The lowest BCUT2D eigenvalue weighted by Crippen LogP contribution is -2.25. The fourth-order valence-electron chi connectivity index (χ4n) is 0.628. The van der Waals surface area contributed by atoms with Gasteiger partial charge in [-0.25, -0.2) is 5.06 Å². The highest BCUT2D eigenvalue weighted by molar-refractivity contribution is 5.91. The van der Waals surface area contributed by atoms with Crippen LogP contribution < -0.4 is 0 Å². The number of amides is 1. The zero-order valence-electron chi connectivity index (χ0n) is 6.37. The SMILES string of the molecule is CON(C)C(=O)c1ccn[nH]1. The lowest BCUT2D eigenvalue weighted by atomic mass is 10.4. The van der Waals surface area contributed by atoms with Crippen LogP contribution in [0.3, 0.4) is 0 Å². The summed E-state index contributed by atoms with van der Waals surface area (Å²) >= 11 is 0. The van der Waals surface area contributed by atoms with Gasteiger partial charge in [0.15, 0.2) is 0 Å². The predicted molar refractivity (Wildman–Crippen MR) is 37.7 cm³/mol. The molecule has 5 heteroatoms. The number of H-pyrrole nitrogens is 1. The average molecular weight is 155 g/mol. The van der Waals surface area contributed by atoms with Crippen LogP contribution in [0.15, 0.2) is 12.3 Å². The van der Waals surface area contributed by atoms with Crippen molar-refractivity contribution >= 4 is 5.91 Å². The standard InChI is InChI=1S/C6H9N3O2/c1-9(11-2)6(10)5-3-4-7-8-5/h3-4H,1-2H3,(H,7,8). The van der Waals surface area contributed by atoms with E-state index in [0.717, 1.165) is 5.06 Å². The van der Waals surface area contributed by atoms with Crippen LogP contribution in [0.5, 0.6) is 0 Å². The van der Waals surface area contributed by atoms with Crippen molar-refractivity contribution in [2.75, 3.05) is 14.2 Å². The van der Waals surface area contributed by atoms with Crippen LogP contribution >= 0.6 is 0 Å². The molecule has 0 aliphatic heterocycles. The maximum absolute atomic E-state index is 11.2. The molecule has 60 valence electrons. The molecule has 0 aliphatic rings. The lowest BCUT2D eigenvalue weighted by molar-refractivity contribution is -0.0760. The fraction of sp³-hybridized carbons (Fsp3) is 0.333. The second kappa shape index (κ2) is 3.16. The summed E-state index contributed by atoms with van der Waals surface area (Å²) in [7, 11) is 2.96. The fourth-order valence-corrected chi connectivity index (χ4v) is 0.628. The first-order chi connectivity index (χ1) is 5.25. The quantitative estimate of drug-likeness (QED) is 0.613. The highest BCUT2D eigenvalue weighted by atomic mass is 16.7. The first-order valence-electron chi connectivity index (χ1n) is 3.07. The molecule has 1 rings (SSSR count). The van der Waals surface area contributed by atoms with Crippen molar-refractivity contribution in [3.05, 3.63) is 18.0 Å². The maximum atomic E-state index is 11.2. The largest absolute Gasteiger partial charge is 0.295 e. The molecule has 0 radical (unpaired) electrons. The van der Waals surface area contributed by atoms with E-state index in [9.17, 15) is 4.79 Å². The van der Waals surface area contributed by atoms with Gasteiger partial charge in [-0.3, -0.25) is 14.7 Å². The Kier molecular flexibility index (Phi) is 2.22. The van der Waals surface area contributed by atoms with Crippen LogP contribution in [0.4, 0.5) is 0 Å². The van der Waals surface area contributed by atoms with Gasteiger partial charge in [0.1, 0.15) is 5.69 Å². The van der Waals surface area contributed by atoms with E-state index in [1.165, 1.54) is 20.4 Å². The lowest BCUT2D eigenvalue weighted by Gasteiger charge is -2.11. The Bertz CT molecular complexity index is 232. The summed E-state index contributed by atoms with van der Waals surface area (Å²) in [6, 6.07) is 1.58. The van der Waals surface area contributed by atoms with Gasteiger partial charge in [-0.15, -0.1) is 0 Å². The first-order valence-corrected chi connectivity index (χ1v) is 3.07. The summed E-state index contributed by atoms with van der Waals surface area (Å²) in [5, 5.41) is 7.28. The molecule has 1 amide bonds. The van der Waals surface area contributed by atoms with Gasteiger partial charge in [-0.1, -0.05) is 0 Å². The van der Waals surface area contributed by atoms with Crippen LogP contribution in [-0.4, -0.2) is 35.3 Å². The average Bonchev–Trinajstić information content (AvgIpc) is 2.53. The molecule has 0 saturated carbocycles. The molecule has 1 N–H and O–H groups in total. The Hall–Kier alpha value is -1.36. The normalized spacial score (nSPS) is 9.64. The Labute approximate surface area is 63.9 Å². The monoisotopic (exact) mass is 155 g/mol. The van der Waals surface area contributed by atoms with Crippen molar-refractivity contribution in [1.29, 1.82) is 0 Å². The van der Waals surface area contributed by atoms with Crippen LogP contribution in [0, 0.1) is 0 Å². The number of nitrogens with one attached hydrogen (secondary N) is 1. The number of hydrogen-bond acceptors (Lipinski definition) is 3. The minimum atomic E-state index is -0.245. The maximum Gasteiger partial charge on any atom is 0.295 e. The third-order valence-corrected chi connectivity index (χ3v) is 1.29. The molecule has 11 heavy (non-hydrogen) atoms. The summed E-state index contributed by atoms with van der Waals surface area (Å²) in [5.41, 5.74) is 0.411. The number of hydrogen-bond donors (Lipinski definition) is 1. The van der Waals surface area contributed by atoms with Gasteiger partial charge >= 0.3 is 0 Å². The van der Waals surface area contributed by atoms with E-state index in [1.807, 2.05) is 0 Å². The predicted octanol–water partition coefficient (Wildman–Crippen LogP) is 0.0431. The summed E-state index contributed by atoms with van der Waals surface area (Å²) in [5.74, 6) is -0.245. The summed E-state index contributed by atoms with van der Waals surface area (Å²) in [4.78, 5) is 15.8. The van der Waals surface area contributed by atoms with Gasteiger partial charge in [0.05, 0.1) is 7.11 Å². The molecule has 0 fully saturated rings. The number of hydroxylamine groups is 2. The van der Waals surface area contributed by atoms with Crippen molar-refractivity contribution in [2.24, 2.45) is 0 Å². The topological polar surface area (TPSA) is 58.2 Å². The molecule has 5 nitrogen and oxygen atoms in total. The van der Waals surface area contributed by atoms with E-state index < -0.39 is 0 Å². The number of rotatable bonds is 2. The summed E-state index contributed by atoms with van der Waals surface area (Å²) < 4.78 is 0. The van der Waals surface area contributed by atoms with Crippen LogP contribution in [0.1, 0.15) is 10.5 Å². The van der Waals surface area contributed by atoms with Crippen molar-refractivity contribution in [3.8, 4) is 0 Å². The highest BCUT2D eigenvalue weighted by Crippen LogP contribution is 1.96. The summed E-state index contributed by atoms with van der Waals surface area (Å²) in [6.07, 6.45) is 1.51. The minimum Gasteiger partial charge on any atom is -0.274 e. The summed E-state index contributed by atoms with van der Waals surface area (Å²) in [6.45, 7) is 0. The molecule has 0 bridgehead atoms. The Balaban J connectivity index is 2.70. The Morgan fingerprint density at radius 1 is 1.82 bits per heavy atom. The number of nitrogens with zero attached hydrogens (tertiary/aromatic N) is 2.